The van der Waals surface area contributed by atoms with Crippen molar-refractivity contribution in [3.05, 3.63) is 214 Å². The number of hydrogen-bond donors (Lipinski definition) is 6. The smallest absolute Gasteiger partial charge is 0.291 e. The second-order valence-electron chi connectivity index (χ2n) is 27.0. The van der Waals surface area contributed by atoms with Gasteiger partial charge in [0.25, 0.3) is 35.4 Å². The van der Waals surface area contributed by atoms with E-state index in [2.05, 4.69) is 126 Å². The highest BCUT2D eigenvalue weighted by Crippen LogP contribution is 2.34. The fourth-order valence-electron chi connectivity index (χ4n) is 12.0. The molecule has 8 heterocycles. The summed E-state index contributed by atoms with van der Waals surface area (Å²) in [6.07, 6.45) is 4.02. The van der Waals surface area contributed by atoms with Crippen LogP contribution >= 0.6 is 0 Å². The molecule has 0 aliphatic carbocycles. The highest BCUT2D eigenvalue weighted by atomic mass is 28.3. The van der Waals surface area contributed by atoms with E-state index >= 15 is 0 Å². The summed E-state index contributed by atoms with van der Waals surface area (Å²) in [5, 5.41) is 28.6. The molecule has 2 saturated heterocycles. The Morgan fingerprint density at radius 1 is 0.458 bits per heavy atom. The van der Waals surface area contributed by atoms with E-state index in [1.165, 1.54) is 27.5 Å². The van der Waals surface area contributed by atoms with E-state index in [0.29, 0.717) is 77.6 Å². The van der Waals surface area contributed by atoms with Crippen molar-refractivity contribution in [3.8, 4) is 52.4 Å². The first-order valence-corrected chi connectivity index (χ1v) is 38.8. The first-order chi connectivity index (χ1) is 51.8. The molecule has 27 nitrogen and oxygen atoms in total. The Kier molecular flexibility index (Phi) is 24.4. The minimum absolute atomic E-state index is 0.00311. The maximum Gasteiger partial charge on any atom is 0.291 e. The predicted octanol–water partition coefficient (Wildman–Crippen LogP) is 6.01. The number of hydrogen-bond acceptors (Lipinski definition) is 18. The molecule has 6 amide bonds. The number of anilines is 3. The molecule has 0 radical (unpaired) electrons. The standard InChI is InChI=1S/C27H28N6O4.C27H28N6O3.C25H27N5O3Si/c1-32-22-16-20(8-5-11-33-12-14-36-15-13-33)9-10-23(22)37-18-21(27(32)35)28-26(34)25-29-24(30-31-25)17-19-6-3-2-4-7-19;1-32-22-16-20(10-7-15-33-13-5-6-14-33)11-12-23(22)36-18-21(27(32)35)28-26(34)25-29-24(30-31-25)17-19-8-3-2-4-9-19;1-30-20-14-18(12-13-34(2,3)4)10-11-21(20)33-16-19(25(30)32)26-24(31)23-27-22(28-29-23)15-17-8-6-5-7-9-17/h2-4,6-7,9-10,16,21H,11-15,17-18H2,1H3,(H,28,34)(H,29,30,31);2-4,8-9,11-12,16,21H,5-6,13-15,17-18H2,1H3,(H,28,34)(H,29,30,31);5-11,14,19H,15-16H2,1-4H3,(H,26,31)(H,27,28,29). The molecule has 548 valence electrons. The number of likely N-dealkylation sites (tertiary alicyclic amines) is 1. The number of aromatic amines is 3. The molecule has 0 bridgehead atoms. The third-order valence-electron chi connectivity index (χ3n) is 17.8. The zero-order valence-corrected chi connectivity index (χ0v) is 61.4. The topological polar surface area (TPSA) is 316 Å². The summed E-state index contributed by atoms with van der Waals surface area (Å²) in [7, 11) is 3.45. The zero-order chi connectivity index (χ0) is 74.8. The number of aromatic nitrogens is 9. The third-order valence-corrected chi connectivity index (χ3v) is 18.7. The third kappa shape index (κ3) is 20.2. The molecule has 5 aliphatic rings. The number of nitrogens with zero attached hydrogens (tertiary/aromatic N) is 11. The molecular formula is C79H83N17O10Si. The van der Waals surface area contributed by atoms with Crippen LogP contribution in [0.4, 0.5) is 17.1 Å². The van der Waals surface area contributed by atoms with E-state index in [-0.39, 0.29) is 55.0 Å². The number of morpholine rings is 1. The van der Waals surface area contributed by atoms with Gasteiger partial charge in [-0.1, -0.05) is 140 Å². The van der Waals surface area contributed by atoms with Gasteiger partial charge in [0.05, 0.1) is 43.4 Å². The second-order valence-corrected chi connectivity index (χ2v) is 31.8. The summed E-state index contributed by atoms with van der Waals surface area (Å²) in [4.78, 5) is 99.7. The van der Waals surface area contributed by atoms with E-state index in [1.54, 1.807) is 27.2 Å². The number of carbonyl (C=O) groups is 6. The number of nitrogens with one attached hydrogen (secondary N) is 6. The summed E-state index contributed by atoms with van der Waals surface area (Å²) >= 11 is 0. The van der Waals surface area contributed by atoms with Crippen LogP contribution in [-0.2, 0) is 38.4 Å². The van der Waals surface area contributed by atoms with Crippen molar-refractivity contribution in [2.24, 2.45) is 0 Å². The molecule has 0 spiro atoms. The van der Waals surface area contributed by atoms with Gasteiger partial charge in [0.2, 0.25) is 17.5 Å². The molecular weight excluding hydrogens is 1380 g/mol. The van der Waals surface area contributed by atoms with Crippen molar-refractivity contribution in [1.82, 2.24) is 71.3 Å². The van der Waals surface area contributed by atoms with E-state index in [4.69, 9.17) is 18.9 Å². The lowest BCUT2D eigenvalue weighted by Gasteiger charge is -2.24. The SMILES string of the molecule is CN1C(=O)C(NC(=O)c2n[nH]c(Cc3ccccc3)n2)COc2ccc(C#CCN3CCCC3)cc21.CN1C(=O)C(NC(=O)c2n[nH]c(Cc3ccccc3)n2)COc2ccc(C#CCN3CCOCC3)cc21.CN1C(=O)C(NC(=O)c2n[nH]c(Cc3ccccc3)n2)COc2ccc(C#C[Si](C)(C)C)cc21. The molecule has 6 aromatic carbocycles. The summed E-state index contributed by atoms with van der Waals surface area (Å²) in [6.45, 7) is 13.3. The fraction of sp³-hybridized carbons (Fsp3) is 0.316. The average molecular weight is 1460 g/mol. The number of likely N-dealkylation sites (N-methyl/N-ethyl adjacent to an activating group) is 3. The van der Waals surface area contributed by atoms with Crippen molar-refractivity contribution < 1.29 is 47.7 Å². The Balaban J connectivity index is 0.000000150. The van der Waals surface area contributed by atoms with Gasteiger partial charge in [-0.05, 0) is 97.2 Å². The lowest BCUT2D eigenvalue weighted by Crippen LogP contribution is -2.49. The van der Waals surface area contributed by atoms with Gasteiger partial charge in [-0.3, -0.25) is 53.9 Å². The molecule has 5 aliphatic heterocycles. The molecule has 0 saturated carbocycles. The van der Waals surface area contributed by atoms with E-state index in [0.717, 1.165) is 79.3 Å². The molecule has 14 rings (SSSR count). The van der Waals surface area contributed by atoms with Crippen molar-refractivity contribution >= 4 is 60.6 Å². The van der Waals surface area contributed by atoms with Gasteiger partial charge in [-0.25, -0.2) is 15.0 Å². The number of carbonyl (C=O) groups excluding carboxylic acids is 6. The van der Waals surface area contributed by atoms with Crippen LogP contribution in [0, 0.1) is 35.1 Å². The average Bonchev–Trinajstić information content (AvgIpc) is 1.73. The normalized spacial score (nSPS) is 16.9. The van der Waals surface area contributed by atoms with Crippen LogP contribution in [0.5, 0.6) is 17.2 Å². The van der Waals surface area contributed by atoms with Gasteiger partial charge in [0, 0.05) is 70.2 Å². The first-order valence-electron chi connectivity index (χ1n) is 35.3. The maximum atomic E-state index is 13.2. The maximum absolute atomic E-state index is 13.2. The van der Waals surface area contributed by atoms with Crippen molar-refractivity contribution in [1.29, 1.82) is 0 Å². The summed E-state index contributed by atoms with van der Waals surface area (Å²) in [5.74, 6) is 16.8. The first kappa shape index (κ1) is 74.5. The largest absolute Gasteiger partial charge is 0.489 e. The molecule has 6 N–H and O–H groups in total. The van der Waals surface area contributed by atoms with Crippen molar-refractivity contribution in [3.63, 3.8) is 0 Å². The Morgan fingerprint density at radius 2 is 0.785 bits per heavy atom. The van der Waals surface area contributed by atoms with Crippen LogP contribution in [0.2, 0.25) is 19.6 Å². The minimum atomic E-state index is -1.53. The zero-order valence-electron chi connectivity index (χ0n) is 60.4. The van der Waals surface area contributed by atoms with Crippen molar-refractivity contribution in [2.75, 3.05) is 108 Å². The van der Waals surface area contributed by atoms with E-state index < -0.39 is 43.9 Å². The number of benzene rings is 6. The van der Waals surface area contributed by atoms with Crippen LogP contribution in [0.3, 0.4) is 0 Å². The number of amides is 6. The summed E-state index contributed by atoms with van der Waals surface area (Å²) in [5.41, 5.74) is 10.7. The lowest BCUT2D eigenvalue weighted by atomic mass is 10.1. The van der Waals surface area contributed by atoms with Crippen LogP contribution in [-0.4, -0.2) is 210 Å². The quantitative estimate of drug-likeness (QED) is 0.0536. The highest BCUT2D eigenvalue weighted by molar-refractivity contribution is 6.83. The Morgan fingerprint density at radius 3 is 1.12 bits per heavy atom. The van der Waals surface area contributed by atoms with E-state index in [9.17, 15) is 28.8 Å². The molecule has 9 aromatic rings. The molecule has 3 unspecified atom stereocenters. The summed E-state index contributed by atoms with van der Waals surface area (Å²) in [6, 6.07) is 43.2. The van der Waals surface area contributed by atoms with E-state index in [1.807, 2.05) is 140 Å². The van der Waals surface area contributed by atoms with Gasteiger partial charge in [0.15, 0.2) is 0 Å². The van der Waals surface area contributed by atoms with Crippen molar-refractivity contribution in [2.45, 2.75) is 69.9 Å². The monoisotopic (exact) mass is 1460 g/mol. The Labute approximate surface area is 620 Å². The second kappa shape index (κ2) is 35.0. The van der Waals surface area contributed by atoms with Crippen LogP contribution in [0.25, 0.3) is 0 Å². The minimum Gasteiger partial charge on any atom is -0.489 e. The molecule has 3 atom stereocenters. The highest BCUT2D eigenvalue weighted by Gasteiger charge is 2.35. The predicted molar refractivity (Wildman–Crippen MR) is 404 cm³/mol. The van der Waals surface area contributed by atoms with Gasteiger partial charge in [-0.15, -0.1) is 20.8 Å². The number of rotatable bonds is 14. The van der Waals surface area contributed by atoms with Crippen LogP contribution in [0.15, 0.2) is 146 Å². The van der Waals surface area contributed by atoms with Crippen LogP contribution in [0.1, 0.15) is 95.6 Å². The van der Waals surface area contributed by atoms with Gasteiger partial charge in [0.1, 0.15) is 80.7 Å². The number of H-pyrrole nitrogens is 3. The lowest BCUT2D eigenvalue weighted by molar-refractivity contribution is -0.121. The Hall–Kier alpha value is -12.3. The molecule has 28 heteroatoms. The van der Waals surface area contributed by atoms with Gasteiger partial charge in [-0.2, -0.15) is 0 Å². The molecule has 107 heavy (non-hydrogen) atoms. The molecule has 3 aromatic heterocycles. The Bertz CT molecular complexity index is 4860. The fourth-order valence-corrected chi connectivity index (χ4v) is 12.5. The van der Waals surface area contributed by atoms with Gasteiger partial charge < -0.3 is 49.6 Å². The number of ether oxygens (including phenoxy) is 4. The molecule has 2 fully saturated rings. The number of fused-ring (bicyclic) bond motifs is 3. The van der Waals surface area contributed by atoms with Crippen LogP contribution < -0.4 is 44.9 Å². The van der Waals surface area contributed by atoms with Gasteiger partial charge >= 0.3 is 0 Å². The summed E-state index contributed by atoms with van der Waals surface area (Å²) < 4.78 is 23.0.